The number of esters is 2. The quantitative estimate of drug-likeness (QED) is 0.199. The van der Waals surface area contributed by atoms with Crippen molar-refractivity contribution in [2.45, 2.75) is 71.3 Å². The lowest BCUT2D eigenvalue weighted by molar-refractivity contribution is -0.141. The standard InChI is InChI=1S/C22H31BrO4/c1-2-3-4-5-6-7-8-9-10-17-26-21(24)15-16-22(25)27-18-19-11-13-20(23)14-12-19/h11-16H,2-10,17-18H2,1H3/b16-15+. The van der Waals surface area contributed by atoms with Crippen molar-refractivity contribution in [1.29, 1.82) is 0 Å². The zero-order chi connectivity index (χ0) is 19.7. The van der Waals surface area contributed by atoms with E-state index in [2.05, 4.69) is 22.9 Å². The molecule has 0 N–H and O–H groups in total. The number of benzene rings is 1. The number of unbranched alkanes of at least 4 members (excludes halogenated alkanes) is 8. The molecule has 0 bridgehead atoms. The van der Waals surface area contributed by atoms with Crippen molar-refractivity contribution >= 4 is 27.9 Å². The molecule has 0 aliphatic heterocycles. The molecule has 0 amide bonds. The third-order valence-electron chi connectivity index (χ3n) is 4.14. The minimum Gasteiger partial charge on any atom is -0.463 e. The van der Waals surface area contributed by atoms with Crippen molar-refractivity contribution in [2.24, 2.45) is 0 Å². The van der Waals surface area contributed by atoms with E-state index in [1.165, 1.54) is 44.9 Å². The van der Waals surface area contributed by atoms with Crippen molar-refractivity contribution < 1.29 is 19.1 Å². The van der Waals surface area contributed by atoms with Crippen LogP contribution in [0.1, 0.15) is 70.3 Å². The highest BCUT2D eigenvalue weighted by atomic mass is 79.9. The Labute approximate surface area is 171 Å². The fourth-order valence-corrected chi connectivity index (χ4v) is 2.82. The van der Waals surface area contributed by atoms with E-state index in [0.29, 0.717) is 6.61 Å². The fourth-order valence-electron chi connectivity index (χ4n) is 2.55. The topological polar surface area (TPSA) is 52.6 Å². The van der Waals surface area contributed by atoms with Gasteiger partial charge in [0, 0.05) is 16.6 Å². The molecule has 150 valence electrons. The second-order valence-corrected chi connectivity index (χ2v) is 7.48. The second-order valence-electron chi connectivity index (χ2n) is 6.56. The number of ether oxygens (including phenoxy) is 2. The number of carbonyl (C=O) groups is 2. The molecule has 0 saturated heterocycles. The van der Waals surface area contributed by atoms with Gasteiger partial charge in [0.2, 0.25) is 0 Å². The number of halogens is 1. The highest BCUT2D eigenvalue weighted by molar-refractivity contribution is 9.10. The molecule has 0 spiro atoms. The Kier molecular flexibility index (Phi) is 13.4. The van der Waals surface area contributed by atoms with E-state index >= 15 is 0 Å². The molecule has 0 radical (unpaired) electrons. The van der Waals surface area contributed by atoms with Gasteiger partial charge in [-0.25, -0.2) is 9.59 Å². The monoisotopic (exact) mass is 438 g/mol. The first-order valence-corrected chi connectivity index (χ1v) is 10.7. The molecule has 1 aromatic carbocycles. The molecule has 0 fully saturated rings. The predicted molar refractivity (Wildman–Crippen MR) is 111 cm³/mol. The maximum atomic E-state index is 11.6. The summed E-state index contributed by atoms with van der Waals surface area (Å²) >= 11 is 3.35. The van der Waals surface area contributed by atoms with Crippen LogP contribution in [0.2, 0.25) is 0 Å². The molecule has 1 rings (SSSR count). The van der Waals surface area contributed by atoms with E-state index in [1.807, 2.05) is 24.3 Å². The van der Waals surface area contributed by atoms with Gasteiger partial charge in [0.05, 0.1) is 6.61 Å². The van der Waals surface area contributed by atoms with E-state index in [4.69, 9.17) is 9.47 Å². The summed E-state index contributed by atoms with van der Waals surface area (Å²) < 4.78 is 11.1. The molecule has 0 aliphatic rings. The van der Waals surface area contributed by atoms with Crippen LogP contribution in [-0.2, 0) is 25.7 Å². The van der Waals surface area contributed by atoms with Crippen LogP contribution >= 0.6 is 15.9 Å². The lowest BCUT2D eigenvalue weighted by Gasteiger charge is -2.03. The Bertz CT molecular complexity index is 566. The van der Waals surface area contributed by atoms with E-state index in [1.54, 1.807) is 0 Å². The van der Waals surface area contributed by atoms with Crippen LogP contribution < -0.4 is 0 Å². The van der Waals surface area contributed by atoms with Crippen LogP contribution in [0.4, 0.5) is 0 Å². The van der Waals surface area contributed by atoms with Gasteiger partial charge in [-0.05, 0) is 24.1 Å². The summed E-state index contributed by atoms with van der Waals surface area (Å²) in [4.78, 5) is 23.2. The molecular weight excluding hydrogens is 408 g/mol. The van der Waals surface area contributed by atoms with Crippen molar-refractivity contribution in [3.63, 3.8) is 0 Å². The molecule has 0 heterocycles. The SMILES string of the molecule is CCCCCCCCCCCOC(=O)/C=C/C(=O)OCc1ccc(Br)cc1. The Balaban J connectivity index is 2.01. The molecule has 0 aliphatic carbocycles. The van der Waals surface area contributed by atoms with Crippen molar-refractivity contribution in [1.82, 2.24) is 0 Å². The van der Waals surface area contributed by atoms with Gasteiger partial charge in [0.1, 0.15) is 6.61 Å². The van der Waals surface area contributed by atoms with Crippen LogP contribution in [0.15, 0.2) is 40.9 Å². The third-order valence-corrected chi connectivity index (χ3v) is 4.67. The molecule has 27 heavy (non-hydrogen) atoms. The van der Waals surface area contributed by atoms with E-state index in [-0.39, 0.29) is 6.61 Å². The van der Waals surface area contributed by atoms with E-state index in [0.717, 1.165) is 35.0 Å². The Hall–Kier alpha value is -1.62. The van der Waals surface area contributed by atoms with Crippen molar-refractivity contribution in [2.75, 3.05) is 6.61 Å². The minimum absolute atomic E-state index is 0.171. The lowest BCUT2D eigenvalue weighted by atomic mass is 10.1. The molecule has 0 atom stereocenters. The smallest absolute Gasteiger partial charge is 0.331 e. The van der Waals surface area contributed by atoms with Crippen LogP contribution in [-0.4, -0.2) is 18.5 Å². The molecule has 0 unspecified atom stereocenters. The minimum atomic E-state index is -0.557. The molecular formula is C22H31BrO4. The maximum Gasteiger partial charge on any atom is 0.331 e. The van der Waals surface area contributed by atoms with Crippen LogP contribution in [0.5, 0.6) is 0 Å². The summed E-state index contributed by atoms with van der Waals surface area (Å²) in [6.45, 7) is 2.79. The van der Waals surface area contributed by atoms with Crippen molar-refractivity contribution in [3.05, 3.63) is 46.5 Å². The maximum absolute atomic E-state index is 11.6. The molecule has 4 nitrogen and oxygen atoms in total. The summed E-state index contributed by atoms with van der Waals surface area (Å²) in [5.41, 5.74) is 0.882. The average Bonchev–Trinajstić information content (AvgIpc) is 2.67. The lowest BCUT2D eigenvalue weighted by Crippen LogP contribution is -2.05. The van der Waals surface area contributed by atoms with Gasteiger partial charge in [-0.3, -0.25) is 0 Å². The Morgan fingerprint density at radius 3 is 1.93 bits per heavy atom. The van der Waals surface area contributed by atoms with Crippen LogP contribution in [0.3, 0.4) is 0 Å². The molecule has 5 heteroatoms. The largest absolute Gasteiger partial charge is 0.463 e. The molecule has 0 saturated carbocycles. The molecule has 0 aromatic heterocycles. The highest BCUT2D eigenvalue weighted by Crippen LogP contribution is 2.11. The number of rotatable bonds is 14. The first kappa shape index (κ1) is 23.4. The first-order chi connectivity index (χ1) is 13.1. The molecule has 1 aromatic rings. The number of hydrogen-bond donors (Lipinski definition) is 0. The van der Waals surface area contributed by atoms with E-state index < -0.39 is 11.9 Å². The van der Waals surface area contributed by atoms with Gasteiger partial charge < -0.3 is 9.47 Å². The summed E-state index contributed by atoms with van der Waals surface area (Å²) in [6.07, 6.45) is 13.2. The predicted octanol–water partition coefficient (Wildman–Crippen LogP) is 6.12. The number of carbonyl (C=O) groups excluding carboxylic acids is 2. The van der Waals surface area contributed by atoms with Crippen LogP contribution in [0, 0.1) is 0 Å². The fraction of sp³-hybridized carbons (Fsp3) is 0.545. The Morgan fingerprint density at radius 1 is 0.815 bits per heavy atom. The van der Waals surface area contributed by atoms with Gasteiger partial charge in [-0.2, -0.15) is 0 Å². The average molecular weight is 439 g/mol. The van der Waals surface area contributed by atoms with Gasteiger partial charge in [0.15, 0.2) is 0 Å². The van der Waals surface area contributed by atoms with Crippen molar-refractivity contribution in [3.8, 4) is 0 Å². The van der Waals surface area contributed by atoms with Gasteiger partial charge in [-0.15, -0.1) is 0 Å². The normalized spacial score (nSPS) is 10.9. The highest BCUT2D eigenvalue weighted by Gasteiger charge is 2.02. The third kappa shape index (κ3) is 13.2. The summed E-state index contributed by atoms with van der Waals surface area (Å²) in [5, 5.41) is 0. The van der Waals surface area contributed by atoms with Crippen LogP contribution in [0.25, 0.3) is 0 Å². The van der Waals surface area contributed by atoms with Gasteiger partial charge in [0.25, 0.3) is 0 Å². The second kappa shape index (κ2) is 15.4. The summed E-state index contributed by atoms with van der Waals surface area (Å²) in [5.74, 6) is -1.06. The Morgan fingerprint density at radius 2 is 1.33 bits per heavy atom. The summed E-state index contributed by atoms with van der Waals surface area (Å²) in [6, 6.07) is 7.48. The van der Waals surface area contributed by atoms with Gasteiger partial charge >= 0.3 is 11.9 Å². The number of hydrogen-bond acceptors (Lipinski definition) is 4. The zero-order valence-electron chi connectivity index (χ0n) is 16.3. The zero-order valence-corrected chi connectivity index (χ0v) is 17.8. The summed E-state index contributed by atoms with van der Waals surface area (Å²) in [7, 11) is 0. The van der Waals surface area contributed by atoms with Gasteiger partial charge in [-0.1, -0.05) is 86.4 Å². The van der Waals surface area contributed by atoms with E-state index in [9.17, 15) is 9.59 Å². The first-order valence-electron chi connectivity index (χ1n) is 9.88.